The van der Waals surface area contributed by atoms with Crippen LogP contribution >= 0.6 is 0 Å². The number of hydrogen-bond donors (Lipinski definition) is 0. The molecule has 1 fully saturated rings. The first-order valence-electron chi connectivity index (χ1n) is 8.39. The summed E-state index contributed by atoms with van der Waals surface area (Å²) in [5, 5.41) is 0. The van der Waals surface area contributed by atoms with Crippen molar-refractivity contribution in [1.82, 2.24) is 13.8 Å². The Bertz CT molecular complexity index is 935. The Kier molecular flexibility index (Phi) is 5.27. The van der Waals surface area contributed by atoms with E-state index in [-0.39, 0.29) is 22.9 Å². The van der Waals surface area contributed by atoms with Crippen LogP contribution in [-0.2, 0) is 23.2 Å². The van der Waals surface area contributed by atoms with E-state index in [0.29, 0.717) is 12.6 Å². The monoisotopic (exact) mass is 379 g/mol. The van der Waals surface area contributed by atoms with Gasteiger partial charge in [0.1, 0.15) is 5.82 Å². The van der Waals surface area contributed by atoms with E-state index in [1.165, 1.54) is 49.1 Å². The van der Waals surface area contributed by atoms with Crippen LogP contribution in [0.2, 0.25) is 0 Å². The molecule has 0 aliphatic heterocycles. The van der Waals surface area contributed by atoms with Gasteiger partial charge in [0.05, 0.1) is 11.6 Å². The molecule has 6 nitrogen and oxygen atoms in total. The summed E-state index contributed by atoms with van der Waals surface area (Å²) in [5.74, 6) is -0.287. The standard InChI is InChI=1S/C18H22FN3O3S/c1-20(2)26(24,25)17-9-10-18(23)22(12-17)13-21(16-7-8-16)11-14-3-5-15(19)6-4-14/h3-6,9-10,12,16H,7-8,11,13H2,1-2H3. The van der Waals surface area contributed by atoms with Gasteiger partial charge in [-0.15, -0.1) is 0 Å². The third-order valence-corrected chi connectivity index (χ3v) is 6.23. The molecule has 3 rings (SSSR count). The number of halogens is 1. The Morgan fingerprint density at radius 3 is 2.35 bits per heavy atom. The summed E-state index contributed by atoms with van der Waals surface area (Å²) in [5.41, 5.74) is 0.691. The van der Waals surface area contributed by atoms with Crippen LogP contribution in [0.1, 0.15) is 18.4 Å². The van der Waals surface area contributed by atoms with Crippen molar-refractivity contribution in [3.05, 3.63) is 64.3 Å². The van der Waals surface area contributed by atoms with Crippen LogP contribution in [0.15, 0.2) is 52.3 Å². The molecule has 1 aromatic heterocycles. The molecular formula is C18H22FN3O3S. The van der Waals surface area contributed by atoms with E-state index in [1.807, 2.05) is 0 Å². The van der Waals surface area contributed by atoms with Gasteiger partial charge < -0.3 is 4.57 Å². The average Bonchev–Trinajstić information content (AvgIpc) is 3.42. The number of nitrogens with zero attached hydrogens (tertiary/aromatic N) is 3. The van der Waals surface area contributed by atoms with Crippen LogP contribution in [0.25, 0.3) is 0 Å². The van der Waals surface area contributed by atoms with Crippen LogP contribution < -0.4 is 5.56 Å². The van der Waals surface area contributed by atoms with Crippen molar-refractivity contribution in [1.29, 1.82) is 0 Å². The number of rotatable bonds is 7. The zero-order chi connectivity index (χ0) is 18.9. The maximum absolute atomic E-state index is 13.1. The van der Waals surface area contributed by atoms with Crippen molar-refractivity contribution in [2.24, 2.45) is 0 Å². The van der Waals surface area contributed by atoms with Gasteiger partial charge in [-0.05, 0) is 36.6 Å². The Morgan fingerprint density at radius 2 is 1.77 bits per heavy atom. The third-order valence-electron chi connectivity index (χ3n) is 4.43. The molecule has 2 aromatic rings. The van der Waals surface area contributed by atoms with Crippen LogP contribution in [0.3, 0.4) is 0 Å². The Hall–Kier alpha value is -2.03. The maximum Gasteiger partial charge on any atom is 0.251 e. The normalized spacial score (nSPS) is 15.0. The van der Waals surface area contributed by atoms with Gasteiger partial charge in [0.2, 0.25) is 10.0 Å². The Balaban J connectivity index is 1.85. The number of pyridine rings is 1. The fourth-order valence-electron chi connectivity index (χ4n) is 2.74. The molecule has 0 spiro atoms. The number of benzene rings is 1. The van der Waals surface area contributed by atoms with Gasteiger partial charge in [0.15, 0.2) is 0 Å². The molecule has 140 valence electrons. The molecule has 1 heterocycles. The Morgan fingerprint density at radius 1 is 1.12 bits per heavy atom. The molecule has 1 aliphatic carbocycles. The van der Waals surface area contributed by atoms with Crippen LogP contribution in [0, 0.1) is 5.82 Å². The van der Waals surface area contributed by atoms with Gasteiger partial charge in [-0.3, -0.25) is 9.69 Å². The molecule has 8 heteroatoms. The first-order valence-corrected chi connectivity index (χ1v) is 9.83. The van der Waals surface area contributed by atoms with Crippen molar-refractivity contribution in [3.63, 3.8) is 0 Å². The minimum atomic E-state index is -3.61. The second-order valence-electron chi connectivity index (χ2n) is 6.71. The van der Waals surface area contributed by atoms with Crippen molar-refractivity contribution in [2.45, 2.75) is 37.0 Å². The predicted octanol–water partition coefficient (Wildman–Crippen LogP) is 1.86. The zero-order valence-corrected chi connectivity index (χ0v) is 15.6. The lowest BCUT2D eigenvalue weighted by molar-refractivity contribution is 0.195. The van der Waals surface area contributed by atoms with Gasteiger partial charge in [0.25, 0.3) is 5.56 Å². The number of hydrogen-bond acceptors (Lipinski definition) is 4. The molecule has 0 unspecified atom stereocenters. The average molecular weight is 379 g/mol. The predicted molar refractivity (Wildman–Crippen MR) is 96.5 cm³/mol. The smallest absolute Gasteiger partial charge is 0.251 e. The van der Waals surface area contributed by atoms with E-state index >= 15 is 0 Å². The molecule has 0 bridgehead atoms. The quantitative estimate of drug-likeness (QED) is 0.737. The second kappa shape index (κ2) is 7.30. The SMILES string of the molecule is CN(C)S(=O)(=O)c1ccc(=O)n(CN(Cc2ccc(F)cc2)C2CC2)c1. The number of sulfonamides is 1. The maximum atomic E-state index is 13.1. The molecule has 1 aliphatic rings. The zero-order valence-electron chi connectivity index (χ0n) is 14.8. The molecular weight excluding hydrogens is 357 g/mol. The minimum Gasteiger partial charge on any atom is -0.301 e. The molecule has 0 radical (unpaired) electrons. The van der Waals surface area contributed by atoms with Crippen LogP contribution in [0.4, 0.5) is 4.39 Å². The van der Waals surface area contributed by atoms with Gasteiger partial charge in [-0.25, -0.2) is 17.1 Å². The van der Waals surface area contributed by atoms with Crippen molar-refractivity contribution in [2.75, 3.05) is 14.1 Å². The molecule has 0 amide bonds. The van der Waals surface area contributed by atoms with E-state index in [2.05, 4.69) is 4.90 Å². The summed E-state index contributed by atoms with van der Waals surface area (Å²) >= 11 is 0. The van der Waals surface area contributed by atoms with Crippen molar-refractivity contribution in [3.8, 4) is 0 Å². The van der Waals surface area contributed by atoms with Gasteiger partial charge >= 0.3 is 0 Å². The van der Waals surface area contributed by atoms with Crippen LogP contribution in [0.5, 0.6) is 0 Å². The third kappa shape index (κ3) is 4.20. The first kappa shape index (κ1) is 18.8. The fourth-order valence-corrected chi connectivity index (χ4v) is 3.66. The summed E-state index contributed by atoms with van der Waals surface area (Å²) in [6.45, 7) is 0.861. The molecule has 1 aromatic carbocycles. The van der Waals surface area contributed by atoms with E-state index in [9.17, 15) is 17.6 Å². The van der Waals surface area contributed by atoms with E-state index in [0.717, 1.165) is 22.7 Å². The Labute approximate surface area is 152 Å². The summed E-state index contributed by atoms with van der Waals surface area (Å²) in [6.07, 6.45) is 3.45. The minimum absolute atomic E-state index is 0.0830. The molecule has 26 heavy (non-hydrogen) atoms. The lowest BCUT2D eigenvalue weighted by Gasteiger charge is -2.23. The van der Waals surface area contributed by atoms with Crippen LogP contribution in [-0.4, -0.2) is 42.3 Å². The largest absolute Gasteiger partial charge is 0.301 e. The number of aromatic nitrogens is 1. The van der Waals surface area contributed by atoms with Crippen molar-refractivity contribution < 1.29 is 12.8 Å². The molecule has 0 atom stereocenters. The van der Waals surface area contributed by atoms with Crippen molar-refractivity contribution >= 4 is 10.0 Å². The second-order valence-corrected chi connectivity index (χ2v) is 8.86. The summed E-state index contributed by atoms with van der Waals surface area (Å²) in [6, 6.07) is 9.23. The lowest BCUT2D eigenvalue weighted by Crippen LogP contribution is -2.34. The highest BCUT2D eigenvalue weighted by Crippen LogP contribution is 2.28. The highest BCUT2D eigenvalue weighted by molar-refractivity contribution is 7.89. The van der Waals surface area contributed by atoms with Gasteiger partial charge in [-0.1, -0.05) is 12.1 Å². The molecule has 0 N–H and O–H groups in total. The van der Waals surface area contributed by atoms with Gasteiger partial charge in [0, 0.05) is 38.9 Å². The summed E-state index contributed by atoms with van der Waals surface area (Å²) < 4.78 is 40.3. The highest BCUT2D eigenvalue weighted by Gasteiger charge is 2.29. The van der Waals surface area contributed by atoms with Gasteiger partial charge in [-0.2, -0.15) is 0 Å². The topological polar surface area (TPSA) is 62.6 Å². The lowest BCUT2D eigenvalue weighted by atomic mass is 10.2. The molecule has 1 saturated carbocycles. The fraction of sp³-hybridized carbons (Fsp3) is 0.389. The van der Waals surface area contributed by atoms with E-state index in [1.54, 1.807) is 12.1 Å². The first-order chi connectivity index (χ1) is 12.3. The summed E-state index contributed by atoms with van der Waals surface area (Å²) in [7, 11) is -0.698. The van der Waals surface area contributed by atoms with E-state index < -0.39 is 10.0 Å². The molecule has 0 saturated heterocycles. The van der Waals surface area contributed by atoms with E-state index in [4.69, 9.17) is 0 Å². The highest BCUT2D eigenvalue weighted by atomic mass is 32.2. The summed E-state index contributed by atoms with van der Waals surface area (Å²) in [4.78, 5) is 14.4.